The van der Waals surface area contributed by atoms with Gasteiger partial charge in [-0.2, -0.15) is 5.26 Å². The Bertz CT molecular complexity index is 3160. The number of halogens is 1. The minimum Gasteiger partial charge on any atom is -0.368 e. The summed E-state index contributed by atoms with van der Waals surface area (Å²) < 4.78 is 2.25. The molecular formula is C55H57ClN12O2S. The normalized spacial score (nSPS) is 16.9. The van der Waals surface area contributed by atoms with Gasteiger partial charge in [0.1, 0.15) is 17.7 Å². The van der Waals surface area contributed by atoms with Crippen molar-refractivity contribution in [2.75, 3.05) is 99.8 Å². The van der Waals surface area contributed by atoms with Crippen LogP contribution >= 0.6 is 22.9 Å². The standard InChI is InChI=1S/C55H57ClN12O2S/c1-38-9-11-40(35-62-18-22-64(23-19-62)52-46(56)7-5-15-58-52)30-44(38)53(69)65-24-26-66(27-25-65)55-60-48(37-71-55)42-13-14-50-47(32-42)59-51-36-67(28-29-68(50)51)54(70)45-31-41(12-10-39(45)2)34-61-16-20-63(21-17-61)49-8-4-3-6-43(49)33-57/h3-15,30-32,37H,16-29,34-36H2,1-2H3. The Balaban J connectivity index is 0.685. The zero-order valence-corrected chi connectivity index (χ0v) is 41.9. The number of benzene rings is 4. The Morgan fingerprint density at radius 3 is 1.97 bits per heavy atom. The molecule has 11 rings (SSSR count). The smallest absolute Gasteiger partial charge is 0.254 e. The first-order valence-corrected chi connectivity index (χ1v) is 25.9. The van der Waals surface area contributed by atoms with Crippen LogP contribution in [0, 0.1) is 25.2 Å². The van der Waals surface area contributed by atoms with Gasteiger partial charge in [-0.15, -0.1) is 11.3 Å². The number of hydrogen-bond acceptors (Lipinski definition) is 12. The second kappa shape index (κ2) is 20.1. The number of anilines is 3. The Morgan fingerprint density at radius 2 is 1.30 bits per heavy atom. The molecule has 3 saturated heterocycles. The molecule has 0 N–H and O–H groups in total. The zero-order chi connectivity index (χ0) is 48.6. The first-order valence-electron chi connectivity index (χ1n) is 24.7. The molecule has 16 heteroatoms. The van der Waals surface area contributed by atoms with Crippen molar-refractivity contribution in [3.63, 3.8) is 0 Å². The Labute approximate surface area is 423 Å². The highest BCUT2D eigenvalue weighted by Gasteiger charge is 2.29. The number of imidazole rings is 1. The summed E-state index contributed by atoms with van der Waals surface area (Å²) in [6.07, 6.45) is 1.79. The molecule has 0 atom stereocenters. The second-order valence-electron chi connectivity index (χ2n) is 19.2. The minimum absolute atomic E-state index is 0.0379. The van der Waals surface area contributed by atoms with Crippen molar-refractivity contribution < 1.29 is 9.59 Å². The predicted molar refractivity (Wildman–Crippen MR) is 281 cm³/mol. The monoisotopic (exact) mass is 984 g/mol. The van der Waals surface area contributed by atoms with E-state index < -0.39 is 0 Å². The minimum atomic E-state index is 0.0379. The summed E-state index contributed by atoms with van der Waals surface area (Å²) in [5.41, 5.74) is 11.4. The molecule has 7 heterocycles. The molecule has 71 heavy (non-hydrogen) atoms. The lowest BCUT2D eigenvalue weighted by molar-refractivity contribution is 0.0706. The van der Waals surface area contributed by atoms with Crippen LogP contribution in [-0.4, -0.2) is 136 Å². The van der Waals surface area contributed by atoms with Crippen LogP contribution in [-0.2, 0) is 26.2 Å². The summed E-state index contributed by atoms with van der Waals surface area (Å²) in [6, 6.07) is 32.9. The van der Waals surface area contributed by atoms with Crippen molar-refractivity contribution in [2.45, 2.75) is 40.0 Å². The maximum absolute atomic E-state index is 14.2. The van der Waals surface area contributed by atoms with Crippen LogP contribution in [0.4, 0.5) is 16.6 Å². The number of rotatable bonds is 10. The van der Waals surface area contributed by atoms with Crippen molar-refractivity contribution in [1.29, 1.82) is 5.26 Å². The third kappa shape index (κ3) is 9.69. The molecule has 0 saturated carbocycles. The fourth-order valence-electron chi connectivity index (χ4n) is 10.6. The summed E-state index contributed by atoms with van der Waals surface area (Å²) in [7, 11) is 0. The molecule has 4 aliphatic heterocycles. The third-order valence-corrected chi connectivity index (χ3v) is 15.9. The zero-order valence-electron chi connectivity index (χ0n) is 40.3. The molecule has 0 aliphatic carbocycles. The summed E-state index contributed by atoms with van der Waals surface area (Å²) in [5.74, 6) is 1.85. The van der Waals surface area contributed by atoms with Gasteiger partial charge in [0.2, 0.25) is 0 Å². The summed E-state index contributed by atoms with van der Waals surface area (Å²) in [5, 5.41) is 13.3. The van der Waals surface area contributed by atoms with Gasteiger partial charge in [-0.3, -0.25) is 19.4 Å². The topological polar surface area (TPSA) is 124 Å². The van der Waals surface area contributed by atoms with Crippen LogP contribution in [0.3, 0.4) is 0 Å². The summed E-state index contributed by atoms with van der Waals surface area (Å²) in [6.45, 7) is 17.0. The highest BCUT2D eigenvalue weighted by atomic mass is 35.5. The van der Waals surface area contributed by atoms with Crippen molar-refractivity contribution in [3.05, 3.63) is 152 Å². The molecule has 14 nitrogen and oxygen atoms in total. The molecular weight excluding hydrogens is 928 g/mol. The number of hydrogen-bond donors (Lipinski definition) is 0. The van der Waals surface area contributed by atoms with Crippen LogP contribution in [0.1, 0.15) is 54.4 Å². The Kier molecular flexibility index (Phi) is 13.2. The summed E-state index contributed by atoms with van der Waals surface area (Å²) in [4.78, 5) is 58.4. The quantitative estimate of drug-likeness (QED) is 0.133. The van der Waals surface area contributed by atoms with E-state index >= 15 is 0 Å². The van der Waals surface area contributed by atoms with E-state index in [2.05, 4.69) is 100 Å². The lowest BCUT2D eigenvalue weighted by Crippen LogP contribution is -2.49. The number of amides is 2. The summed E-state index contributed by atoms with van der Waals surface area (Å²) >= 11 is 8.06. The molecule has 362 valence electrons. The van der Waals surface area contributed by atoms with Crippen LogP contribution in [0.5, 0.6) is 0 Å². The highest BCUT2D eigenvalue weighted by Crippen LogP contribution is 2.33. The van der Waals surface area contributed by atoms with E-state index in [4.69, 9.17) is 21.6 Å². The number of fused-ring (bicyclic) bond motifs is 3. The van der Waals surface area contributed by atoms with E-state index in [1.807, 2.05) is 60.0 Å². The van der Waals surface area contributed by atoms with Crippen molar-refractivity contribution in [1.82, 2.24) is 39.1 Å². The number of pyridine rings is 1. The number of thiazole rings is 1. The van der Waals surface area contributed by atoms with E-state index in [1.54, 1.807) is 17.5 Å². The average Bonchev–Trinajstić information content (AvgIpc) is 4.05. The Morgan fingerprint density at radius 1 is 0.662 bits per heavy atom. The Hall–Kier alpha value is -6.83. The van der Waals surface area contributed by atoms with Gasteiger partial charge in [0.05, 0.1) is 39.5 Å². The molecule has 4 aromatic carbocycles. The molecule has 0 bridgehead atoms. The average molecular weight is 986 g/mol. The van der Waals surface area contributed by atoms with E-state index in [9.17, 15) is 14.9 Å². The van der Waals surface area contributed by atoms with Crippen molar-refractivity contribution >= 4 is 62.4 Å². The van der Waals surface area contributed by atoms with Gasteiger partial charge in [0, 0.05) is 133 Å². The van der Waals surface area contributed by atoms with E-state index in [0.29, 0.717) is 56.4 Å². The predicted octanol–water partition coefficient (Wildman–Crippen LogP) is 7.96. The number of aromatic nitrogens is 4. The van der Waals surface area contributed by atoms with Gasteiger partial charge in [-0.05, 0) is 84.6 Å². The maximum Gasteiger partial charge on any atom is 0.254 e. The third-order valence-electron chi connectivity index (χ3n) is 14.7. The number of nitrogens with zero attached hydrogens (tertiary/aromatic N) is 12. The fraction of sp³-hybridized carbons (Fsp3) is 0.345. The van der Waals surface area contributed by atoms with E-state index in [0.717, 1.165) is 144 Å². The number of carbonyl (C=O) groups excluding carboxylic acids is 2. The number of nitriles is 1. The van der Waals surface area contributed by atoms with Gasteiger partial charge in [-0.25, -0.2) is 15.0 Å². The number of piperazine rings is 3. The van der Waals surface area contributed by atoms with E-state index in [1.165, 1.54) is 0 Å². The largest absolute Gasteiger partial charge is 0.368 e. The van der Waals surface area contributed by atoms with Crippen molar-refractivity contribution in [2.24, 2.45) is 0 Å². The lowest BCUT2D eigenvalue weighted by Gasteiger charge is -2.36. The second-order valence-corrected chi connectivity index (χ2v) is 20.4. The molecule has 3 fully saturated rings. The molecule has 0 radical (unpaired) electrons. The van der Waals surface area contributed by atoms with Gasteiger partial charge in [0.15, 0.2) is 5.13 Å². The molecule has 7 aromatic rings. The number of carbonyl (C=O) groups is 2. The first kappa shape index (κ1) is 46.5. The fourth-order valence-corrected chi connectivity index (χ4v) is 11.7. The van der Waals surface area contributed by atoms with Crippen LogP contribution in [0.15, 0.2) is 103 Å². The van der Waals surface area contributed by atoms with E-state index in [-0.39, 0.29) is 11.8 Å². The van der Waals surface area contributed by atoms with Gasteiger partial charge >= 0.3 is 0 Å². The molecule has 3 aromatic heterocycles. The highest BCUT2D eigenvalue weighted by molar-refractivity contribution is 7.14. The van der Waals surface area contributed by atoms with Gasteiger partial charge in [-0.1, -0.05) is 54.1 Å². The van der Waals surface area contributed by atoms with Crippen molar-refractivity contribution in [3.8, 4) is 17.3 Å². The number of aryl methyl sites for hydroxylation is 2. The van der Waals surface area contributed by atoms with Crippen LogP contribution in [0.2, 0.25) is 5.02 Å². The lowest BCUT2D eigenvalue weighted by atomic mass is 10.0. The molecule has 0 spiro atoms. The van der Waals surface area contributed by atoms with Crippen LogP contribution < -0.4 is 14.7 Å². The molecule has 0 unspecified atom stereocenters. The van der Waals surface area contributed by atoms with Gasteiger partial charge < -0.3 is 29.1 Å². The SMILES string of the molecule is Cc1ccc(CN2CCN(c3ncccc3Cl)CC2)cc1C(=O)N1CCN(c2nc(-c3ccc4c(c3)nc3n4CCN(C(=O)c4cc(CN5CCN(c6ccccc6C#N)CC5)ccc4C)C3)cs2)CC1. The van der Waals surface area contributed by atoms with Crippen LogP contribution in [0.25, 0.3) is 22.3 Å². The number of para-hydroxylation sites is 1. The van der Waals surface area contributed by atoms with Gasteiger partial charge in [0.25, 0.3) is 11.8 Å². The molecule has 4 aliphatic rings. The maximum atomic E-state index is 14.2. The first-order chi connectivity index (χ1) is 34.6. The molecule has 2 amide bonds.